The van der Waals surface area contributed by atoms with Gasteiger partial charge in [0, 0.05) is 16.2 Å². The van der Waals surface area contributed by atoms with Crippen LogP contribution in [-0.2, 0) is 0 Å². The van der Waals surface area contributed by atoms with Gasteiger partial charge in [-0.3, -0.25) is 0 Å². The topological polar surface area (TPSA) is 13.1 Å². The lowest BCUT2D eigenvalue weighted by Crippen LogP contribution is -1.92. The van der Waals surface area contributed by atoms with Gasteiger partial charge < -0.3 is 4.42 Å². The zero-order chi connectivity index (χ0) is 41.0. The minimum atomic E-state index is -0.461. The lowest BCUT2D eigenvalue weighted by molar-refractivity contribution is 0.673. The second-order valence-corrected chi connectivity index (χ2v) is 12.1. The zero-order valence-electron chi connectivity index (χ0n) is 36.0. The first kappa shape index (κ1) is 19.4. The Morgan fingerprint density at radius 1 is 0.388 bits per heavy atom. The fraction of sp³-hybridized carbons (Fsp3) is 0. The van der Waals surface area contributed by atoms with Gasteiger partial charge in [-0.15, -0.1) is 0 Å². The summed E-state index contributed by atoms with van der Waals surface area (Å²) in [4.78, 5) is 0. The first-order valence-corrected chi connectivity index (χ1v) is 16.0. The molecular formula is C48H30O. The third kappa shape index (κ3) is 4.40. The quantitative estimate of drug-likeness (QED) is 0.176. The molecule has 0 aliphatic carbocycles. The maximum atomic E-state index is 8.86. The van der Waals surface area contributed by atoms with Gasteiger partial charge in [-0.2, -0.15) is 0 Å². The number of furan rings is 1. The summed E-state index contributed by atoms with van der Waals surface area (Å²) in [6.45, 7) is 0. The molecule has 10 aromatic rings. The van der Waals surface area contributed by atoms with Gasteiger partial charge >= 0.3 is 0 Å². The van der Waals surface area contributed by atoms with Gasteiger partial charge in [-0.25, -0.2) is 0 Å². The summed E-state index contributed by atoms with van der Waals surface area (Å²) in [5.41, 5.74) is 6.09. The molecule has 0 saturated carbocycles. The monoisotopic (exact) mass is 632 g/mol. The molecule has 0 bridgehead atoms. The predicted molar refractivity (Wildman–Crippen MR) is 208 cm³/mol. The first-order valence-electron chi connectivity index (χ1n) is 21.0. The molecule has 0 aliphatic rings. The lowest BCUT2D eigenvalue weighted by Gasteiger charge is -2.19. The fourth-order valence-corrected chi connectivity index (χ4v) is 7.29. The van der Waals surface area contributed by atoms with Crippen LogP contribution in [0.4, 0.5) is 0 Å². The van der Waals surface area contributed by atoms with Crippen LogP contribution in [0.15, 0.2) is 186 Å². The Morgan fingerprint density at radius 2 is 0.980 bits per heavy atom. The van der Waals surface area contributed by atoms with Crippen molar-refractivity contribution in [3.63, 3.8) is 0 Å². The minimum absolute atomic E-state index is 0.0972. The van der Waals surface area contributed by atoms with Crippen molar-refractivity contribution in [3.8, 4) is 44.5 Å². The van der Waals surface area contributed by atoms with Crippen molar-refractivity contribution < 1.29 is 18.1 Å². The van der Waals surface area contributed by atoms with E-state index in [0.717, 1.165) is 70.9 Å². The second kappa shape index (κ2) is 11.1. The summed E-state index contributed by atoms with van der Waals surface area (Å²) in [5, 5.41) is 7.36. The number of fused-ring (bicyclic) bond motifs is 7. The summed E-state index contributed by atoms with van der Waals surface area (Å²) in [6, 6.07) is 35.6. The van der Waals surface area contributed by atoms with E-state index in [4.69, 9.17) is 18.1 Å². The molecule has 49 heavy (non-hydrogen) atoms. The molecule has 0 atom stereocenters. The van der Waals surface area contributed by atoms with Crippen molar-refractivity contribution in [2.75, 3.05) is 0 Å². The highest BCUT2D eigenvalue weighted by Crippen LogP contribution is 2.48. The molecule has 0 fully saturated rings. The van der Waals surface area contributed by atoms with Crippen molar-refractivity contribution in [2.45, 2.75) is 0 Å². The van der Waals surface area contributed by atoms with E-state index in [1.165, 1.54) is 0 Å². The predicted octanol–water partition coefficient (Wildman–Crippen LogP) is 13.7. The molecule has 10 rings (SSSR count). The van der Waals surface area contributed by atoms with E-state index in [-0.39, 0.29) is 35.3 Å². The van der Waals surface area contributed by atoms with Gasteiger partial charge in [0.1, 0.15) is 11.2 Å². The van der Waals surface area contributed by atoms with Gasteiger partial charge in [0.2, 0.25) is 0 Å². The van der Waals surface area contributed by atoms with Crippen LogP contribution >= 0.6 is 0 Å². The molecule has 0 spiro atoms. The molecule has 1 heterocycles. The standard InChI is InChI=1S/C48H30O/c1-3-12-31(13-4-1)33-22-24-35(25-23-33)45-38-18-9-10-19-39(38)46(43-30-36(27-28-40(43)45)32-14-5-2-6-15-32)41-20-11-21-44-47(41)42-29-26-34-16-7-8-17-37(34)48(42)49-44/h1-30H/i1D,2D,3D,4D,5D,6D,12D,13D,14D,15D. The van der Waals surface area contributed by atoms with Gasteiger partial charge in [0.05, 0.1) is 13.7 Å². The number of hydrogen-bond donors (Lipinski definition) is 0. The molecule has 9 aromatic carbocycles. The Bertz CT molecular complexity index is 3390. The highest BCUT2D eigenvalue weighted by atomic mass is 16.3. The van der Waals surface area contributed by atoms with Crippen LogP contribution < -0.4 is 0 Å². The van der Waals surface area contributed by atoms with Crippen LogP contribution in [-0.4, -0.2) is 0 Å². The fourth-order valence-electron chi connectivity index (χ4n) is 7.29. The number of rotatable bonds is 4. The summed E-state index contributed by atoms with van der Waals surface area (Å²) in [5.74, 6) is 0. The maximum absolute atomic E-state index is 8.86. The molecule has 1 nitrogen and oxygen atoms in total. The molecule has 0 unspecified atom stereocenters. The van der Waals surface area contributed by atoms with Crippen LogP contribution in [0.1, 0.15) is 13.7 Å². The van der Waals surface area contributed by atoms with Crippen molar-refractivity contribution in [3.05, 3.63) is 182 Å². The molecule has 0 amide bonds. The number of benzene rings is 9. The van der Waals surface area contributed by atoms with E-state index in [1.54, 1.807) is 18.2 Å². The third-order valence-corrected chi connectivity index (χ3v) is 9.43. The van der Waals surface area contributed by atoms with E-state index < -0.39 is 36.3 Å². The van der Waals surface area contributed by atoms with Gasteiger partial charge in [0.25, 0.3) is 0 Å². The van der Waals surface area contributed by atoms with Gasteiger partial charge in [-0.05, 0) is 89.6 Å². The first-order chi connectivity index (χ1) is 28.5. The van der Waals surface area contributed by atoms with E-state index in [9.17, 15) is 0 Å². The van der Waals surface area contributed by atoms with Crippen molar-refractivity contribution in [1.82, 2.24) is 0 Å². The summed E-state index contributed by atoms with van der Waals surface area (Å²) in [7, 11) is 0. The van der Waals surface area contributed by atoms with E-state index in [1.807, 2.05) is 60.7 Å². The van der Waals surface area contributed by atoms with E-state index >= 15 is 0 Å². The maximum Gasteiger partial charge on any atom is 0.143 e. The number of hydrogen-bond acceptors (Lipinski definition) is 1. The molecule has 228 valence electrons. The SMILES string of the molecule is [2H]c1c([2H])c([2H])c(-c2ccc(-c3c4ccccc4c(-c4cccc5oc6c7ccccc7ccc6c45)c4cc(-c5c([2H])c([2H])c([2H])c([2H])c5[2H])ccc34)cc2)c([2H])c1[2H]. The second-order valence-electron chi connectivity index (χ2n) is 12.1. The highest BCUT2D eigenvalue weighted by molar-refractivity contribution is 6.27. The normalized spacial score (nSPS) is 14.5. The Hall–Kier alpha value is -6.44. The molecule has 0 saturated heterocycles. The third-order valence-electron chi connectivity index (χ3n) is 9.43. The summed E-state index contributed by atoms with van der Waals surface area (Å²) >= 11 is 0. The molecule has 0 radical (unpaired) electrons. The van der Waals surface area contributed by atoms with Gasteiger partial charge in [0.15, 0.2) is 0 Å². The zero-order valence-corrected chi connectivity index (χ0v) is 26.0. The molecule has 1 heteroatoms. The average Bonchev–Trinajstić information content (AvgIpc) is 3.66. The Morgan fingerprint density at radius 3 is 1.73 bits per heavy atom. The molecular weight excluding hydrogens is 593 g/mol. The summed E-state index contributed by atoms with van der Waals surface area (Å²) < 4.78 is 91.1. The van der Waals surface area contributed by atoms with Crippen molar-refractivity contribution in [1.29, 1.82) is 0 Å². The van der Waals surface area contributed by atoms with Crippen LogP contribution in [0.5, 0.6) is 0 Å². The van der Waals surface area contributed by atoms with Gasteiger partial charge in [-0.1, -0.05) is 164 Å². The largest absolute Gasteiger partial charge is 0.455 e. The van der Waals surface area contributed by atoms with E-state index in [2.05, 4.69) is 42.5 Å². The summed E-state index contributed by atoms with van der Waals surface area (Å²) in [6.07, 6.45) is 0. The Balaban J connectivity index is 1.31. The van der Waals surface area contributed by atoms with Crippen molar-refractivity contribution >= 4 is 54.3 Å². The molecule has 1 aromatic heterocycles. The lowest BCUT2D eigenvalue weighted by atomic mass is 9.83. The van der Waals surface area contributed by atoms with Crippen LogP contribution in [0.2, 0.25) is 0 Å². The highest BCUT2D eigenvalue weighted by Gasteiger charge is 2.21. The van der Waals surface area contributed by atoms with Crippen molar-refractivity contribution in [2.24, 2.45) is 0 Å². The van der Waals surface area contributed by atoms with Crippen LogP contribution in [0, 0.1) is 0 Å². The Kier molecular flexibility index (Phi) is 4.39. The van der Waals surface area contributed by atoms with Crippen LogP contribution in [0.3, 0.4) is 0 Å². The smallest absolute Gasteiger partial charge is 0.143 e. The molecule has 0 aliphatic heterocycles. The van der Waals surface area contributed by atoms with Crippen LogP contribution in [0.25, 0.3) is 98.8 Å². The van der Waals surface area contributed by atoms with E-state index in [0.29, 0.717) is 16.7 Å². The molecule has 0 N–H and O–H groups in total. The Labute approximate surface area is 298 Å². The average molecular weight is 633 g/mol. The minimum Gasteiger partial charge on any atom is -0.455 e.